The van der Waals surface area contributed by atoms with E-state index in [1.807, 2.05) is 37.3 Å². The topological polar surface area (TPSA) is 68.5 Å². The van der Waals surface area contributed by atoms with Crippen LogP contribution in [0.4, 0.5) is 0 Å². The van der Waals surface area contributed by atoms with Crippen molar-refractivity contribution in [3.63, 3.8) is 0 Å². The first-order valence-electron chi connectivity index (χ1n) is 6.14. The van der Waals surface area contributed by atoms with Gasteiger partial charge >= 0.3 is 0 Å². The predicted octanol–water partition coefficient (Wildman–Crippen LogP) is 1.35. The number of hydrazone groups is 1. The van der Waals surface area contributed by atoms with E-state index in [0.717, 1.165) is 11.3 Å². The molecule has 0 bridgehead atoms. The molecule has 1 aromatic carbocycles. The molecule has 1 heterocycles. The largest absolute Gasteiger partial charge is 0.496 e. The molecule has 0 saturated heterocycles. The molecule has 0 aliphatic carbocycles. The van der Waals surface area contributed by atoms with E-state index >= 15 is 0 Å². The molecule has 6 heteroatoms. The Balaban J connectivity index is 1.91. The molecule has 1 aromatic heterocycles. The van der Waals surface area contributed by atoms with Crippen molar-refractivity contribution in [2.45, 2.75) is 13.5 Å². The van der Waals surface area contributed by atoms with Crippen molar-refractivity contribution in [2.24, 2.45) is 5.10 Å². The van der Waals surface area contributed by atoms with Crippen molar-refractivity contribution in [3.8, 4) is 5.75 Å². The van der Waals surface area contributed by atoms with Gasteiger partial charge in [0.25, 0.3) is 5.91 Å². The third kappa shape index (κ3) is 3.68. The number of amides is 1. The number of rotatable bonds is 5. The molecule has 0 radical (unpaired) electrons. The molecule has 1 amide bonds. The summed E-state index contributed by atoms with van der Waals surface area (Å²) in [5, 5.41) is 8.04. The monoisotopic (exact) mass is 272 g/mol. The number of ether oxygens (including phenoxy) is 1. The van der Waals surface area contributed by atoms with Crippen LogP contribution in [0, 0.1) is 6.92 Å². The van der Waals surface area contributed by atoms with Crippen LogP contribution in [0.3, 0.4) is 0 Å². The lowest BCUT2D eigenvalue weighted by atomic mass is 10.2. The Morgan fingerprint density at radius 3 is 2.95 bits per heavy atom. The Hall–Kier alpha value is -2.63. The quantitative estimate of drug-likeness (QED) is 0.660. The predicted molar refractivity (Wildman–Crippen MR) is 75.7 cm³/mol. The van der Waals surface area contributed by atoms with E-state index < -0.39 is 0 Å². The molecule has 0 aliphatic heterocycles. The minimum absolute atomic E-state index is 0.136. The van der Waals surface area contributed by atoms with E-state index in [9.17, 15) is 4.79 Å². The lowest BCUT2D eigenvalue weighted by Crippen LogP contribution is -2.23. The summed E-state index contributed by atoms with van der Waals surface area (Å²) in [6.45, 7) is 2.01. The fourth-order valence-corrected chi connectivity index (χ4v) is 1.68. The standard InChI is InChI=1S/C14H16N4O2/c1-11-7-8-18(17-11)10-14(19)16-15-9-12-5-3-4-6-13(12)20-2/h3-9H,10H2,1-2H3,(H,16,19). The summed E-state index contributed by atoms with van der Waals surface area (Å²) in [6.07, 6.45) is 3.30. The number of aryl methyl sites for hydroxylation is 1. The van der Waals surface area contributed by atoms with Crippen LogP contribution < -0.4 is 10.2 Å². The third-order valence-corrected chi connectivity index (χ3v) is 2.61. The van der Waals surface area contributed by atoms with Gasteiger partial charge in [-0.1, -0.05) is 12.1 Å². The van der Waals surface area contributed by atoms with Crippen molar-refractivity contribution in [1.29, 1.82) is 0 Å². The second-order valence-corrected chi connectivity index (χ2v) is 4.19. The number of carbonyl (C=O) groups excluding carboxylic acids is 1. The Labute approximate surface area is 117 Å². The summed E-state index contributed by atoms with van der Waals surface area (Å²) in [5.41, 5.74) is 4.12. The summed E-state index contributed by atoms with van der Waals surface area (Å²) >= 11 is 0. The fourth-order valence-electron chi connectivity index (χ4n) is 1.68. The molecule has 0 aliphatic rings. The van der Waals surface area contributed by atoms with Crippen molar-refractivity contribution < 1.29 is 9.53 Å². The summed E-state index contributed by atoms with van der Waals surface area (Å²) in [6, 6.07) is 9.26. The van der Waals surface area contributed by atoms with Crippen LogP contribution in [0.1, 0.15) is 11.3 Å². The van der Waals surface area contributed by atoms with Gasteiger partial charge < -0.3 is 4.74 Å². The molecular weight excluding hydrogens is 256 g/mol. The summed E-state index contributed by atoms with van der Waals surface area (Å²) in [5.74, 6) is 0.465. The van der Waals surface area contributed by atoms with Gasteiger partial charge in [0.15, 0.2) is 0 Å². The maximum Gasteiger partial charge on any atom is 0.261 e. The third-order valence-electron chi connectivity index (χ3n) is 2.61. The smallest absolute Gasteiger partial charge is 0.261 e. The fraction of sp³-hybridized carbons (Fsp3) is 0.214. The lowest BCUT2D eigenvalue weighted by molar-refractivity contribution is -0.121. The van der Waals surface area contributed by atoms with Crippen molar-refractivity contribution in [2.75, 3.05) is 7.11 Å². The maximum absolute atomic E-state index is 11.6. The van der Waals surface area contributed by atoms with Crippen LogP contribution in [-0.2, 0) is 11.3 Å². The van der Waals surface area contributed by atoms with Gasteiger partial charge in [-0.15, -0.1) is 0 Å². The average Bonchev–Trinajstić information content (AvgIpc) is 2.84. The van der Waals surface area contributed by atoms with E-state index in [4.69, 9.17) is 4.74 Å². The van der Waals surface area contributed by atoms with Crippen LogP contribution >= 0.6 is 0 Å². The number of nitrogens with one attached hydrogen (secondary N) is 1. The minimum Gasteiger partial charge on any atom is -0.496 e. The van der Waals surface area contributed by atoms with Crippen LogP contribution in [-0.4, -0.2) is 29.0 Å². The molecule has 1 N–H and O–H groups in total. The SMILES string of the molecule is COc1ccccc1C=NNC(=O)Cn1ccc(C)n1. The first-order chi connectivity index (χ1) is 9.69. The molecule has 20 heavy (non-hydrogen) atoms. The highest BCUT2D eigenvalue weighted by molar-refractivity contribution is 5.85. The number of para-hydroxylation sites is 1. The van der Waals surface area contributed by atoms with Gasteiger partial charge in [0, 0.05) is 11.8 Å². The van der Waals surface area contributed by atoms with Crippen molar-refractivity contribution >= 4 is 12.1 Å². The molecule has 0 atom stereocenters. The molecule has 0 saturated carbocycles. The van der Waals surface area contributed by atoms with E-state index in [2.05, 4.69) is 15.6 Å². The van der Waals surface area contributed by atoms with Gasteiger partial charge in [-0.2, -0.15) is 10.2 Å². The van der Waals surface area contributed by atoms with E-state index in [1.54, 1.807) is 24.2 Å². The van der Waals surface area contributed by atoms with E-state index in [1.165, 1.54) is 0 Å². The molecule has 104 valence electrons. The molecule has 2 rings (SSSR count). The zero-order chi connectivity index (χ0) is 14.4. The maximum atomic E-state index is 11.6. The zero-order valence-electron chi connectivity index (χ0n) is 11.4. The van der Waals surface area contributed by atoms with Crippen LogP contribution in [0.15, 0.2) is 41.6 Å². The highest BCUT2D eigenvalue weighted by Crippen LogP contribution is 2.14. The molecule has 2 aromatic rings. The first-order valence-corrected chi connectivity index (χ1v) is 6.14. The van der Waals surface area contributed by atoms with Crippen LogP contribution in [0.5, 0.6) is 5.75 Å². The molecule has 0 spiro atoms. The lowest BCUT2D eigenvalue weighted by Gasteiger charge is -2.03. The Kier molecular flexibility index (Phi) is 4.49. The average molecular weight is 272 g/mol. The van der Waals surface area contributed by atoms with Gasteiger partial charge in [-0.25, -0.2) is 5.43 Å². The minimum atomic E-state index is -0.237. The summed E-state index contributed by atoms with van der Waals surface area (Å²) in [4.78, 5) is 11.6. The highest BCUT2D eigenvalue weighted by Gasteiger charge is 2.02. The molecular formula is C14H16N4O2. The van der Waals surface area contributed by atoms with Crippen molar-refractivity contribution in [3.05, 3.63) is 47.8 Å². The van der Waals surface area contributed by atoms with Crippen LogP contribution in [0.25, 0.3) is 0 Å². The number of hydrogen-bond acceptors (Lipinski definition) is 4. The number of hydrogen-bond donors (Lipinski definition) is 1. The van der Waals surface area contributed by atoms with E-state index in [0.29, 0.717) is 5.75 Å². The van der Waals surface area contributed by atoms with Crippen molar-refractivity contribution in [1.82, 2.24) is 15.2 Å². The van der Waals surface area contributed by atoms with Gasteiger partial charge in [0.1, 0.15) is 12.3 Å². The normalized spacial score (nSPS) is 10.7. The van der Waals surface area contributed by atoms with Crippen LogP contribution in [0.2, 0.25) is 0 Å². The molecule has 0 fully saturated rings. The number of methoxy groups -OCH3 is 1. The second kappa shape index (κ2) is 6.51. The van der Waals surface area contributed by atoms with E-state index in [-0.39, 0.29) is 12.5 Å². The van der Waals surface area contributed by atoms with Gasteiger partial charge in [-0.3, -0.25) is 9.48 Å². The van der Waals surface area contributed by atoms with Gasteiger partial charge in [0.05, 0.1) is 19.0 Å². The zero-order valence-corrected chi connectivity index (χ0v) is 11.4. The van der Waals surface area contributed by atoms with Gasteiger partial charge in [0.2, 0.25) is 0 Å². The first kappa shape index (κ1) is 13.8. The number of benzene rings is 1. The summed E-state index contributed by atoms with van der Waals surface area (Å²) < 4.78 is 6.74. The second-order valence-electron chi connectivity index (χ2n) is 4.19. The number of nitrogens with zero attached hydrogens (tertiary/aromatic N) is 3. The van der Waals surface area contributed by atoms with Gasteiger partial charge in [-0.05, 0) is 25.1 Å². The molecule has 0 unspecified atom stereocenters. The Morgan fingerprint density at radius 2 is 2.25 bits per heavy atom. The number of aromatic nitrogens is 2. The summed E-state index contributed by atoms with van der Waals surface area (Å²) in [7, 11) is 1.59. The molecule has 6 nitrogen and oxygen atoms in total. The number of carbonyl (C=O) groups is 1. The Bertz CT molecular complexity index is 619. The highest BCUT2D eigenvalue weighted by atomic mass is 16.5. The Morgan fingerprint density at radius 1 is 1.45 bits per heavy atom.